The summed E-state index contributed by atoms with van der Waals surface area (Å²) in [6.45, 7) is 5.67. The first kappa shape index (κ1) is 16.3. The molecule has 1 heterocycles. The molecule has 112 valence electrons. The van der Waals surface area contributed by atoms with Crippen LogP contribution in [0.5, 0.6) is 0 Å². The Labute approximate surface area is 134 Å². The highest BCUT2D eigenvalue weighted by atomic mass is 35.5. The van der Waals surface area contributed by atoms with E-state index in [0.717, 1.165) is 19.6 Å². The van der Waals surface area contributed by atoms with Crippen LogP contribution in [0.15, 0.2) is 17.0 Å². The zero-order chi connectivity index (χ0) is 14.9. The molecule has 4 nitrogen and oxygen atoms in total. The fraction of sp³-hybridized carbons (Fsp3) is 0.500. The summed E-state index contributed by atoms with van der Waals surface area (Å²) in [7, 11) is -3.62. The summed E-state index contributed by atoms with van der Waals surface area (Å²) in [5, 5.41) is 0.535. The number of likely N-dealkylation sites (N-methyl/N-ethyl adjacent to an activating group) is 1. The van der Waals surface area contributed by atoms with Crippen LogP contribution in [-0.4, -0.2) is 45.4 Å². The molecule has 2 rings (SSSR count). The van der Waals surface area contributed by atoms with E-state index in [1.54, 1.807) is 0 Å². The maximum atomic E-state index is 12.6. The minimum Gasteiger partial charge on any atom is -0.333 e. The van der Waals surface area contributed by atoms with Crippen molar-refractivity contribution >= 4 is 44.8 Å². The monoisotopic (exact) mass is 357 g/mol. The Balaban J connectivity index is 2.30. The lowest BCUT2D eigenvalue weighted by Gasteiger charge is -2.31. The molecule has 1 aliphatic rings. The van der Waals surface area contributed by atoms with E-state index < -0.39 is 10.0 Å². The van der Waals surface area contributed by atoms with Gasteiger partial charge < -0.3 is 4.90 Å². The van der Waals surface area contributed by atoms with Crippen LogP contribution in [0.2, 0.25) is 15.1 Å². The van der Waals surface area contributed by atoms with Crippen molar-refractivity contribution in [2.24, 2.45) is 0 Å². The predicted octanol–water partition coefficient (Wildman–Crippen LogP) is 1.56. The largest absolute Gasteiger partial charge is 0.333 e. The molecule has 1 aromatic rings. The third-order valence-electron chi connectivity index (χ3n) is 3.52. The van der Waals surface area contributed by atoms with Gasteiger partial charge in [0.2, 0.25) is 10.0 Å². The Kier molecular flexibility index (Phi) is 5.21. The number of nitrogens with zero attached hydrogens (tertiary/aromatic N) is 1. The summed E-state index contributed by atoms with van der Waals surface area (Å²) < 4.78 is 26.7. The average molecular weight is 359 g/mol. The highest BCUT2D eigenvalue weighted by Crippen LogP contribution is 2.33. The molecule has 1 N–H and O–H groups in total. The molecular weight excluding hydrogens is 343 g/mol. The van der Waals surface area contributed by atoms with Gasteiger partial charge in [0.15, 0.2) is 0 Å². The number of piperazine rings is 1. The zero-order valence-electron chi connectivity index (χ0n) is 11.0. The average Bonchev–Trinajstić information content (AvgIpc) is 2.42. The molecule has 1 saturated heterocycles. The lowest BCUT2D eigenvalue weighted by atomic mass is 10.3. The Bertz CT molecular complexity index is 599. The Hall–Kier alpha value is -0.0400. The van der Waals surface area contributed by atoms with Crippen LogP contribution in [0.1, 0.15) is 6.92 Å². The lowest BCUT2D eigenvalue weighted by Crippen LogP contribution is -3.14. The molecule has 0 amide bonds. The van der Waals surface area contributed by atoms with Gasteiger partial charge in [0.25, 0.3) is 0 Å². The smallest absolute Gasteiger partial charge is 0.245 e. The van der Waals surface area contributed by atoms with Crippen molar-refractivity contribution in [1.82, 2.24) is 4.31 Å². The minimum absolute atomic E-state index is 0.0218. The number of halogens is 3. The topological polar surface area (TPSA) is 41.8 Å². The number of hydrogen-bond acceptors (Lipinski definition) is 2. The predicted molar refractivity (Wildman–Crippen MR) is 81.5 cm³/mol. The number of sulfonamides is 1. The first-order chi connectivity index (χ1) is 9.36. The molecule has 0 radical (unpaired) electrons. The summed E-state index contributed by atoms with van der Waals surface area (Å²) in [5.41, 5.74) is 0. The summed E-state index contributed by atoms with van der Waals surface area (Å²) in [6, 6.07) is 2.69. The molecule has 1 aromatic carbocycles. The molecule has 0 saturated carbocycles. The molecule has 8 heteroatoms. The summed E-state index contributed by atoms with van der Waals surface area (Å²) in [4.78, 5) is 1.42. The van der Waals surface area contributed by atoms with Gasteiger partial charge in [0.05, 0.1) is 47.8 Å². The third kappa shape index (κ3) is 3.24. The number of nitrogens with one attached hydrogen (secondary N) is 1. The van der Waals surface area contributed by atoms with Crippen LogP contribution in [0.4, 0.5) is 0 Å². The maximum Gasteiger partial charge on any atom is 0.245 e. The Morgan fingerprint density at radius 2 is 1.65 bits per heavy atom. The minimum atomic E-state index is -3.62. The van der Waals surface area contributed by atoms with Gasteiger partial charge >= 0.3 is 0 Å². The van der Waals surface area contributed by atoms with Gasteiger partial charge in [0.1, 0.15) is 4.90 Å². The van der Waals surface area contributed by atoms with Gasteiger partial charge in [0, 0.05) is 0 Å². The SMILES string of the molecule is CC[NH+]1CCN(S(=O)(=O)c2cc(Cl)c(Cl)cc2Cl)CC1. The Morgan fingerprint density at radius 1 is 1.10 bits per heavy atom. The molecule has 0 spiro atoms. The standard InChI is InChI=1S/C12H15Cl3N2O2S/c1-2-16-3-5-17(6-4-16)20(18,19)12-8-10(14)9(13)7-11(12)15/h7-8H,2-6H2,1H3/p+1. The molecule has 0 bridgehead atoms. The molecule has 20 heavy (non-hydrogen) atoms. The van der Waals surface area contributed by atoms with E-state index in [1.807, 2.05) is 0 Å². The van der Waals surface area contributed by atoms with Crippen LogP contribution in [0.25, 0.3) is 0 Å². The van der Waals surface area contributed by atoms with Gasteiger partial charge in [-0.3, -0.25) is 0 Å². The summed E-state index contributed by atoms with van der Waals surface area (Å²) in [6.07, 6.45) is 0. The van der Waals surface area contributed by atoms with Gasteiger partial charge in [-0.2, -0.15) is 4.31 Å². The van der Waals surface area contributed by atoms with E-state index in [-0.39, 0.29) is 20.0 Å². The van der Waals surface area contributed by atoms with E-state index >= 15 is 0 Å². The second kappa shape index (κ2) is 6.38. The molecule has 0 aliphatic carbocycles. The van der Waals surface area contributed by atoms with Crippen LogP contribution in [0, 0.1) is 0 Å². The van der Waals surface area contributed by atoms with Crippen molar-refractivity contribution in [2.75, 3.05) is 32.7 Å². The molecular formula is C12H16Cl3N2O2S+. The van der Waals surface area contributed by atoms with Crippen LogP contribution < -0.4 is 4.90 Å². The quantitative estimate of drug-likeness (QED) is 0.833. The zero-order valence-corrected chi connectivity index (χ0v) is 14.1. The van der Waals surface area contributed by atoms with E-state index in [0.29, 0.717) is 13.1 Å². The Morgan fingerprint density at radius 3 is 2.20 bits per heavy atom. The van der Waals surface area contributed by atoms with Gasteiger partial charge in [-0.05, 0) is 19.1 Å². The normalized spacial score (nSPS) is 18.4. The van der Waals surface area contributed by atoms with Crippen molar-refractivity contribution in [3.63, 3.8) is 0 Å². The second-order valence-corrected chi connectivity index (χ2v) is 7.83. The van der Waals surface area contributed by atoms with Crippen LogP contribution in [0.3, 0.4) is 0 Å². The fourth-order valence-corrected chi connectivity index (χ4v) is 4.66. The van der Waals surface area contributed by atoms with Crippen molar-refractivity contribution in [3.8, 4) is 0 Å². The van der Waals surface area contributed by atoms with Crippen molar-refractivity contribution < 1.29 is 13.3 Å². The van der Waals surface area contributed by atoms with Crippen LogP contribution in [-0.2, 0) is 10.0 Å². The highest BCUT2D eigenvalue weighted by Gasteiger charge is 2.31. The number of quaternary nitrogens is 1. The number of rotatable bonds is 3. The van der Waals surface area contributed by atoms with E-state index in [2.05, 4.69) is 6.92 Å². The highest BCUT2D eigenvalue weighted by molar-refractivity contribution is 7.89. The van der Waals surface area contributed by atoms with E-state index in [4.69, 9.17) is 34.8 Å². The van der Waals surface area contributed by atoms with E-state index in [9.17, 15) is 8.42 Å². The summed E-state index contributed by atoms with van der Waals surface area (Å²) >= 11 is 17.7. The van der Waals surface area contributed by atoms with Crippen molar-refractivity contribution in [3.05, 3.63) is 27.2 Å². The van der Waals surface area contributed by atoms with Crippen molar-refractivity contribution in [1.29, 1.82) is 0 Å². The fourth-order valence-electron chi connectivity index (χ4n) is 2.24. The summed E-state index contributed by atoms with van der Waals surface area (Å²) in [5.74, 6) is 0. The molecule has 1 aliphatic heterocycles. The third-order valence-corrected chi connectivity index (χ3v) is 6.61. The number of hydrogen-bond donors (Lipinski definition) is 1. The van der Waals surface area contributed by atoms with Gasteiger partial charge in [-0.1, -0.05) is 34.8 Å². The lowest BCUT2D eigenvalue weighted by molar-refractivity contribution is -0.901. The molecule has 0 aromatic heterocycles. The second-order valence-electron chi connectivity index (χ2n) is 4.70. The van der Waals surface area contributed by atoms with Gasteiger partial charge in [-0.25, -0.2) is 8.42 Å². The maximum absolute atomic E-state index is 12.6. The van der Waals surface area contributed by atoms with E-state index in [1.165, 1.54) is 21.3 Å². The first-order valence-corrected chi connectivity index (χ1v) is 8.92. The first-order valence-electron chi connectivity index (χ1n) is 6.34. The molecule has 0 atom stereocenters. The molecule has 1 fully saturated rings. The van der Waals surface area contributed by atoms with Gasteiger partial charge in [-0.15, -0.1) is 0 Å². The van der Waals surface area contributed by atoms with Crippen molar-refractivity contribution in [2.45, 2.75) is 11.8 Å². The molecule has 0 unspecified atom stereocenters. The van der Waals surface area contributed by atoms with Crippen LogP contribution >= 0.6 is 34.8 Å². The number of benzene rings is 1.